The van der Waals surface area contributed by atoms with Gasteiger partial charge in [-0.3, -0.25) is 4.79 Å². The summed E-state index contributed by atoms with van der Waals surface area (Å²) in [5, 5.41) is 45.1. The maximum Gasteiger partial charge on any atom is 0.308 e. The van der Waals surface area contributed by atoms with Crippen LogP contribution in [0.4, 0.5) is 0 Å². The van der Waals surface area contributed by atoms with Crippen LogP contribution in [0.2, 0.25) is 0 Å². The molecule has 0 aromatic heterocycles. The first-order valence-electron chi connectivity index (χ1n) is 21.3. The molecule has 13 unspecified atom stereocenters. The molecule has 0 aromatic carbocycles. The number of hydrogen-bond acceptors (Lipinski definition) is 16. The number of aliphatic hydroxyl groups is 4. The van der Waals surface area contributed by atoms with Crippen LogP contribution in [0.15, 0.2) is 24.3 Å². The van der Waals surface area contributed by atoms with Gasteiger partial charge in [0.15, 0.2) is 18.9 Å². The van der Waals surface area contributed by atoms with Gasteiger partial charge in [-0.2, -0.15) is 0 Å². The monoisotopic (exact) mass is 843 g/mol. The van der Waals surface area contributed by atoms with E-state index in [4.69, 9.17) is 37.9 Å². The quantitative estimate of drug-likeness (QED) is 0.175. The molecule has 19 atom stereocenters. The third-order valence-corrected chi connectivity index (χ3v) is 12.4. The molecule has 4 aliphatic rings. The van der Waals surface area contributed by atoms with Crippen molar-refractivity contribution in [2.45, 2.75) is 190 Å². The van der Waals surface area contributed by atoms with Crippen LogP contribution in [0, 0.1) is 11.8 Å². The number of rotatable bonds is 11. The van der Waals surface area contributed by atoms with Gasteiger partial charge in [-0.25, -0.2) is 0 Å². The number of ether oxygens (including phenoxy) is 8. The SMILES string of the molecule is COC1[C@H](O)CC(=O)O[C@H](C)C/C=C/C=C/[C@H](OC2CCC(N(C)C)C(C)O2)[C@H](C)C[C@H](CC=O)[C@@H]1OC1OC(C)C(OC2CC(C)(O)C(O)C(C)O2)C(N(C)C)C1O. The highest BCUT2D eigenvalue weighted by Crippen LogP contribution is 2.37. The molecule has 16 nitrogen and oxygen atoms in total. The predicted molar refractivity (Wildman–Crippen MR) is 217 cm³/mol. The lowest BCUT2D eigenvalue weighted by molar-refractivity contribution is -0.344. The Morgan fingerprint density at radius 1 is 0.864 bits per heavy atom. The summed E-state index contributed by atoms with van der Waals surface area (Å²) in [4.78, 5) is 29.5. The lowest BCUT2D eigenvalue weighted by atomic mass is 9.82. The summed E-state index contributed by atoms with van der Waals surface area (Å²) < 4.78 is 50.0. The standard InChI is InChI=1S/C43H74N2O14/c1-24-21-29(19-20-46)39(59-42-37(49)36(45(9)10)38(27(4)56-42)58-35-23-43(6,51)41(50)28(5)55-35)40(52-11)31(47)22-33(48)53-25(2)15-13-12-14-16-32(24)57-34-18-17-30(44(7)8)26(3)54-34/h12-14,16,20,24-32,34-42,47,49-51H,15,17-19,21-23H2,1-11H3/b13-12+,16-14+/t24-,25-,26?,27?,28?,29+,30?,31-,32+,34?,35?,36?,37?,38?,39+,40?,41?,42?,43?/m1/s1. The van der Waals surface area contributed by atoms with Crippen LogP contribution in [-0.2, 0) is 47.5 Å². The highest BCUT2D eigenvalue weighted by atomic mass is 16.7. The molecule has 4 aliphatic heterocycles. The van der Waals surface area contributed by atoms with Crippen LogP contribution < -0.4 is 0 Å². The van der Waals surface area contributed by atoms with Crippen molar-refractivity contribution in [1.82, 2.24) is 9.80 Å². The Morgan fingerprint density at radius 2 is 1.56 bits per heavy atom. The first kappa shape index (κ1) is 49.8. The molecule has 0 aromatic rings. The van der Waals surface area contributed by atoms with Crippen LogP contribution >= 0.6 is 0 Å². The summed E-state index contributed by atoms with van der Waals surface area (Å²) in [6, 6.07) is -0.466. The maximum absolute atomic E-state index is 13.1. The van der Waals surface area contributed by atoms with Gasteiger partial charge in [0, 0.05) is 32.4 Å². The zero-order valence-electron chi connectivity index (χ0n) is 37.0. The highest BCUT2D eigenvalue weighted by Gasteiger charge is 2.52. The topological polar surface area (TPSA) is 195 Å². The molecule has 0 bridgehead atoms. The van der Waals surface area contributed by atoms with E-state index in [0.717, 1.165) is 12.7 Å². The first-order valence-corrected chi connectivity index (χ1v) is 21.3. The Hall–Kier alpha value is -1.90. The van der Waals surface area contributed by atoms with Crippen molar-refractivity contribution in [2.24, 2.45) is 11.8 Å². The van der Waals surface area contributed by atoms with Crippen molar-refractivity contribution in [3.8, 4) is 0 Å². The molecule has 0 amide bonds. The number of methoxy groups -OCH3 is 1. The third-order valence-electron chi connectivity index (χ3n) is 12.4. The van der Waals surface area contributed by atoms with E-state index in [0.29, 0.717) is 19.3 Å². The Morgan fingerprint density at radius 3 is 2.17 bits per heavy atom. The number of allylic oxidation sites excluding steroid dienone is 2. The Balaban J connectivity index is 1.66. The van der Waals surface area contributed by atoms with E-state index >= 15 is 0 Å². The van der Waals surface area contributed by atoms with E-state index in [-0.39, 0.29) is 30.9 Å². The van der Waals surface area contributed by atoms with E-state index in [1.165, 1.54) is 14.0 Å². The van der Waals surface area contributed by atoms with E-state index in [1.54, 1.807) is 39.8 Å². The molecule has 340 valence electrons. The fraction of sp³-hybridized carbons (Fsp3) is 0.860. The largest absolute Gasteiger partial charge is 0.462 e. The van der Waals surface area contributed by atoms with Crippen LogP contribution in [-0.4, -0.2) is 181 Å². The molecule has 4 rings (SSSR count). The molecule has 3 saturated heterocycles. The summed E-state index contributed by atoms with van der Waals surface area (Å²) in [5.41, 5.74) is -1.47. The van der Waals surface area contributed by atoms with Gasteiger partial charge in [0.05, 0.1) is 54.7 Å². The molecule has 4 heterocycles. The fourth-order valence-corrected chi connectivity index (χ4v) is 9.10. The van der Waals surface area contributed by atoms with E-state index in [1.807, 2.05) is 52.2 Å². The zero-order valence-corrected chi connectivity index (χ0v) is 37.0. The van der Waals surface area contributed by atoms with Crippen molar-refractivity contribution in [1.29, 1.82) is 0 Å². The van der Waals surface area contributed by atoms with Crippen molar-refractivity contribution in [2.75, 3.05) is 35.3 Å². The number of carbonyl (C=O) groups is 2. The first-order chi connectivity index (χ1) is 27.8. The molecule has 0 radical (unpaired) electrons. The van der Waals surface area contributed by atoms with Crippen molar-refractivity contribution in [3.63, 3.8) is 0 Å². The predicted octanol–water partition coefficient (Wildman–Crippen LogP) is 2.33. The van der Waals surface area contributed by atoms with Gasteiger partial charge < -0.3 is 72.9 Å². The van der Waals surface area contributed by atoms with E-state index < -0.39 is 110 Å². The van der Waals surface area contributed by atoms with Gasteiger partial charge >= 0.3 is 5.97 Å². The summed E-state index contributed by atoms with van der Waals surface area (Å²) in [6.07, 6.45) is -1.56. The second-order valence-corrected chi connectivity index (χ2v) is 17.8. The highest BCUT2D eigenvalue weighted by molar-refractivity contribution is 5.70. The fourth-order valence-electron chi connectivity index (χ4n) is 9.10. The maximum atomic E-state index is 13.1. The molecule has 0 aliphatic carbocycles. The van der Waals surface area contributed by atoms with Gasteiger partial charge in [0.2, 0.25) is 0 Å². The average Bonchev–Trinajstić information content (AvgIpc) is 3.13. The third kappa shape index (κ3) is 13.3. The Bertz CT molecular complexity index is 1370. The number of aldehydes is 1. The molecule has 4 N–H and O–H groups in total. The molecule has 3 fully saturated rings. The summed E-state index contributed by atoms with van der Waals surface area (Å²) in [7, 11) is 9.03. The van der Waals surface area contributed by atoms with Crippen LogP contribution in [0.25, 0.3) is 0 Å². The summed E-state index contributed by atoms with van der Waals surface area (Å²) in [5.74, 6) is -1.47. The number of carbonyl (C=O) groups excluding carboxylic acids is 2. The second kappa shape index (κ2) is 22.5. The number of hydrogen-bond donors (Lipinski definition) is 4. The molecule has 59 heavy (non-hydrogen) atoms. The number of esters is 1. The van der Waals surface area contributed by atoms with Crippen LogP contribution in [0.1, 0.15) is 86.5 Å². The minimum absolute atomic E-state index is 0.00885. The minimum Gasteiger partial charge on any atom is -0.462 e. The number of likely N-dealkylation sites (N-methyl/N-ethyl adjacent to an activating group) is 2. The van der Waals surface area contributed by atoms with Crippen molar-refractivity contribution >= 4 is 12.3 Å². The van der Waals surface area contributed by atoms with Gasteiger partial charge in [-0.05, 0) is 93.9 Å². The zero-order chi connectivity index (χ0) is 43.8. The van der Waals surface area contributed by atoms with Gasteiger partial charge in [0.1, 0.15) is 36.8 Å². The van der Waals surface area contributed by atoms with Gasteiger partial charge in [-0.1, -0.05) is 31.2 Å². The Labute approximate surface area is 351 Å². The average molecular weight is 843 g/mol. The second-order valence-electron chi connectivity index (χ2n) is 17.8. The minimum atomic E-state index is -1.47. The number of nitrogens with zero attached hydrogens (tertiary/aromatic N) is 2. The number of cyclic esters (lactones) is 1. The van der Waals surface area contributed by atoms with Gasteiger partial charge in [0.25, 0.3) is 0 Å². The molecule has 16 heteroatoms. The van der Waals surface area contributed by atoms with E-state index in [2.05, 4.69) is 4.90 Å². The van der Waals surface area contributed by atoms with Gasteiger partial charge in [-0.15, -0.1) is 0 Å². The summed E-state index contributed by atoms with van der Waals surface area (Å²) >= 11 is 0. The summed E-state index contributed by atoms with van der Waals surface area (Å²) in [6.45, 7) is 10.8. The van der Waals surface area contributed by atoms with Crippen molar-refractivity contribution < 1.29 is 67.9 Å². The molecule has 0 spiro atoms. The van der Waals surface area contributed by atoms with Crippen molar-refractivity contribution in [3.05, 3.63) is 24.3 Å². The molecular formula is C43H74N2O14. The van der Waals surface area contributed by atoms with Crippen LogP contribution in [0.3, 0.4) is 0 Å². The number of aliphatic hydroxyl groups excluding tert-OH is 3. The Kier molecular flexibility index (Phi) is 18.9. The lowest BCUT2D eigenvalue weighted by Gasteiger charge is -2.50. The normalized spacial score (nSPS) is 45.8. The van der Waals surface area contributed by atoms with Crippen LogP contribution in [0.5, 0.6) is 0 Å². The smallest absolute Gasteiger partial charge is 0.308 e. The van der Waals surface area contributed by atoms with E-state index in [9.17, 15) is 30.0 Å². The molecular weight excluding hydrogens is 768 g/mol. The molecule has 0 saturated carbocycles. The lowest BCUT2D eigenvalue weighted by Crippen LogP contribution is -2.65.